The van der Waals surface area contributed by atoms with E-state index in [0.29, 0.717) is 0 Å². The molecule has 1 aliphatic rings. The quantitative estimate of drug-likeness (QED) is 0.773. The van der Waals surface area contributed by atoms with Crippen molar-refractivity contribution in [2.45, 2.75) is 4.90 Å². The number of anilines is 1. The van der Waals surface area contributed by atoms with Crippen molar-refractivity contribution in [3.63, 3.8) is 0 Å². The van der Waals surface area contributed by atoms with E-state index < -0.39 is 0 Å². The maximum absolute atomic E-state index is 5.64. The SMILES string of the molecule is C=c1cccc2c1=C(c1ccccc1NC)Sc1cccc(OC)c1-2. The van der Waals surface area contributed by atoms with Gasteiger partial charge in [-0.1, -0.05) is 60.8 Å². The summed E-state index contributed by atoms with van der Waals surface area (Å²) in [5.74, 6) is 0.901. The highest BCUT2D eigenvalue weighted by Crippen LogP contribution is 2.46. The second kappa shape index (κ2) is 6.34. The smallest absolute Gasteiger partial charge is 0.127 e. The highest BCUT2D eigenvalue weighted by molar-refractivity contribution is 8.08. The molecule has 1 aliphatic heterocycles. The van der Waals surface area contributed by atoms with Crippen molar-refractivity contribution in [3.8, 4) is 16.9 Å². The van der Waals surface area contributed by atoms with E-state index in [1.807, 2.05) is 19.2 Å². The maximum atomic E-state index is 5.64. The third kappa shape index (κ3) is 2.52. The first-order chi connectivity index (χ1) is 12.2. The Labute approximate surface area is 151 Å². The fraction of sp³-hybridized carbons (Fsp3) is 0.0909. The van der Waals surface area contributed by atoms with Crippen LogP contribution in [0.2, 0.25) is 0 Å². The number of nitrogens with one attached hydrogen (secondary N) is 1. The lowest BCUT2D eigenvalue weighted by Gasteiger charge is -2.23. The van der Waals surface area contributed by atoms with E-state index in [1.165, 1.54) is 26.1 Å². The van der Waals surface area contributed by atoms with Crippen LogP contribution in [0.25, 0.3) is 22.6 Å². The second-order valence-electron chi connectivity index (χ2n) is 5.90. The van der Waals surface area contributed by atoms with E-state index in [1.54, 1.807) is 18.9 Å². The molecule has 0 spiro atoms. The van der Waals surface area contributed by atoms with Crippen LogP contribution in [0.5, 0.6) is 5.75 Å². The Hall–Kier alpha value is -2.65. The standard InChI is InChI=1S/C22H19NOS/c1-14-8-6-10-16-20(14)22(15-9-4-5-11-17(15)23-2)25-19-13-7-12-18(24-3)21(16)19/h4-13,23H,1H2,2-3H3. The van der Waals surface area contributed by atoms with Crippen LogP contribution >= 0.6 is 11.8 Å². The number of thioether (sulfide) groups is 1. The molecule has 0 aliphatic carbocycles. The van der Waals surface area contributed by atoms with Crippen LogP contribution in [0.3, 0.4) is 0 Å². The summed E-state index contributed by atoms with van der Waals surface area (Å²) >= 11 is 1.78. The average Bonchev–Trinajstić information content (AvgIpc) is 2.66. The maximum Gasteiger partial charge on any atom is 0.127 e. The Morgan fingerprint density at radius 1 is 0.920 bits per heavy atom. The molecule has 0 bridgehead atoms. The van der Waals surface area contributed by atoms with Crippen LogP contribution in [0.4, 0.5) is 5.69 Å². The molecule has 2 nitrogen and oxygen atoms in total. The molecule has 0 radical (unpaired) electrons. The molecule has 3 heteroatoms. The van der Waals surface area contributed by atoms with Gasteiger partial charge in [-0.15, -0.1) is 0 Å². The molecule has 0 unspecified atom stereocenters. The fourth-order valence-electron chi connectivity index (χ4n) is 3.36. The molecule has 4 rings (SSSR count). The monoisotopic (exact) mass is 345 g/mol. The number of methoxy groups -OCH3 is 1. The summed E-state index contributed by atoms with van der Waals surface area (Å²) in [5, 5.41) is 5.53. The van der Waals surface area contributed by atoms with Crippen molar-refractivity contribution in [2.24, 2.45) is 0 Å². The minimum atomic E-state index is 0.901. The molecule has 0 aromatic heterocycles. The third-order valence-corrected chi connectivity index (χ3v) is 5.70. The van der Waals surface area contributed by atoms with E-state index in [0.717, 1.165) is 22.2 Å². The molecule has 0 saturated carbocycles. The molecule has 3 aromatic carbocycles. The highest BCUT2D eigenvalue weighted by atomic mass is 32.2. The zero-order chi connectivity index (χ0) is 17.4. The van der Waals surface area contributed by atoms with E-state index in [9.17, 15) is 0 Å². The van der Waals surface area contributed by atoms with E-state index in [4.69, 9.17) is 4.74 Å². The van der Waals surface area contributed by atoms with Crippen molar-refractivity contribution in [1.29, 1.82) is 0 Å². The predicted octanol–water partition coefficient (Wildman–Crippen LogP) is 4.08. The predicted molar refractivity (Wildman–Crippen MR) is 108 cm³/mol. The summed E-state index contributed by atoms with van der Waals surface area (Å²) < 4.78 is 5.64. The topological polar surface area (TPSA) is 21.3 Å². The van der Waals surface area contributed by atoms with Gasteiger partial charge >= 0.3 is 0 Å². The van der Waals surface area contributed by atoms with Gasteiger partial charge in [-0.2, -0.15) is 0 Å². The zero-order valence-corrected chi connectivity index (χ0v) is 15.1. The number of hydrogen-bond donors (Lipinski definition) is 1. The normalized spacial score (nSPS) is 12.3. The number of ether oxygens (including phenoxy) is 1. The first-order valence-corrected chi connectivity index (χ1v) is 9.01. The number of rotatable bonds is 3. The van der Waals surface area contributed by atoms with Crippen LogP contribution in [-0.2, 0) is 0 Å². The van der Waals surface area contributed by atoms with Gasteiger partial charge in [0.05, 0.1) is 7.11 Å². The van der Waals surface area contributed by atoms with E-state index in [2.05, 4.69) is 60.4 Å². The molecule has 124 valence electrons. The van der Waals surface area contributed by atoms with Gasteiger partial charge in [0.15, 0.2) is 0 Å². The Balaban J connectivity index is 2.14. The lowest BCUT2D eigenvalue weighted by atomic mass is 9.98. The van der Waals surface area contributed by atoms with Gasteiger partial charge < -0.3 is 10.1 Å². The van der Waals surface area contributed by atoms with Crippen molar-refractivity contribution < 1.29 is 4.74 Å². The largest absolute Gasteiger partial charge is 0.496 e. The average molecular weight is 345 g/mol. The van der Waals surface area contributed by atoms with Crippen molar-refractivity contribution in [1.82, 2.24) is 0 Å². The lowest BCUT2D eigenvalue weighted by Crippen LogP contribution is -2.29. The Bertz CT molecular complexity index is 1070. The zero-order valence-electron chi connectivity index (χ0n) is 14.3. The van der Waals surface area contributed by atoms with Crippen molar-refractivity contribution >= 4 is 28.9 Å². The first kappa shape index (κ1) is 15.9. The molecule has 1 N–H and O–H groups in total. The third-order valence-electron chi connectivity index (χ3n) is 4.51. The Kier molecular flexibility index (Phi) is 4.02. The fourth-order valence-corrected chi connectivity index (χ4v) is 4.67. The molecule has 25 heavy (non-hydrogen) atoms. The molecule has 0 fully saturated rings. The molecule has 0 saturated heterocycles. The summed E-state index contributed by atoms with van der Waals surface area (Å²) in [5.41, 5.74) is 4.65. The van der Waals surface area contributed by atoms with Crippen LogP contribution in [0, 0.1) is 0 Å². The first-order valence-electron chi connectivity index (χ1n) is 8.19. The Morgan fingerprint density at radius 3 is 2.48 bits per heavy atom. The summed E-state index contributed by atoms with van der Waals surface area (Å²) in [4.78, 5) is 2.43. The molecule has 0 amide bonds. The number of para-hydroxylation sites is 1. The van der Waals surface area contributed by atoms with Crippen LogP contribution in [0.1, 0.15) is 5.56 Å². The summed E-state index contributed by atoms with van der Waals surface area (Å²) in [6, 6.07) is 20.9. The Morgan fingerprint density at radius 2 is 1.68 bits per heavy atom. The lowest BCUT2D eigenvalue weighted by molar-refractivity contribution is 0.415. The molecule has 1 heterocycles. The van der Waals surface area contributed by atoms with Gasteiger partial charge in [-0.05, 0) is 29.0 Å². The number of hydrogen-bond acceptors (Lipinski definition) is 3. The highest BCUT2D eigenvalue weighted by Gasteiger charge is 2.23. The summed E-state index contributed by atoms with van der Waals surface area (Å²) in [6.45, 7) is 4.30. The van der Waals surface area contributed by atoms with Gasteiger partial charge in [0.25, 0.3) is 0 Å². The second-order valence-corrected chi connectivity index (χ2v) is 6.95. The summed E-state index contributed by atoms with van der Waals surface area (Å²) in [7, 11) is 3.68. The molecule has 3 aromatic rings. The van der Waals surface area contributed by atoms with E-state index >= 15 is 0 Å². The number of fused-ring (bicyclic) bond motifs is 3. The minimum Gasteiger partial charge on any atom is -0.496 e. The van der Waals surface area contributed by atoms with Crippen LogP contribution < -0.4 is 20.5 Å². The number of benzene rings is 3. The molecular formula is C22H19NOS. The van der Waals surface area contributed by atoms with Crippen molar-refractivity contribution in [3.05, 3.63) is 76.7 Å². The molecular weight excluding hydrogens is 326 g/mol. The van der Waals surface area contributed by atoms with Gasteiger partial charge in [-0.25, -0.2) is 0 Å². The van der Waals surface area contributed by atoms with Gasteiger partial charge in [0.1, 0.15) is 5.75 Å². The van der Waals surface area contributed by atoms with Gasteiger partial charge in [0.2, 0.25) is 0 Å². The van der Waals surface area contributed by atoms with Crippen LogP contribution in [0.15, 0.2) is 65.6 Å². The van der Waals surface area contributed by atoms with Gasteiger partial charge in [-0.3, -0.25) is 0 Å². The molecule has 0 atom stereocenters. The van der Waals surface area contributed by atoms with Crippen LogP contribution in [-0.4, -0.2) is 14.2 Å². The minimum absolute atomic E-state index is 0.901. The van der Waals surface area contributed by atoms with Crippen molar-refractivity contribution in [2.75, 3.05) is 19.5 Å². The summed E-state index contributed by atoms with van der Waals surface area (Å²) in [6.07, 6.45) is 0. The van der Waals surface area contributed by atoms with Gasteiger partial charge in [0, 0.05) is 38.9 Å². The van der Waals surface area contributed by atoms with E-state index in [-0.39, 0.29) is 0 Å².